The molecule has 4 rings (SSSR count). The predicted octanol–water partition coefficient (Wildman–Crippen LogP) is 4.35. The van der Waals surface area contributed by atoms with Crippen LogP contribution in [0.15, 0.2) is 64.6 Å². The number of aromatic nitrogens is 4. The van der Waals surface area contributed by atoms with Gasteiger partial charge >= 0.3 is 5.97 Å². The summed E-state index contributed by atoms with van der Waals surface area (Å²) in [6.07, 6.45) is 2.69. The molecular weight excluding hydrogens is 440 g/mol. The van der Waals surface area contributed by atoms with Crippen LogP contribution < -0.4 is 0 Å². The van der Waals surface area contributed by atoms with Crippen LogP contribution in [-0.4, -0.2) is 50.7 Å². The molecule has 8 nitrogen and oxygen atoms in total. The number of benzene rings is 2. The molecule has 2 heterocycles. The van der Waals surface area contributed by atoms with Gasteiger partial charge in [-0.3, -0.25) is 4.57 Å². The largest absolute Gasteiger partial charge is 0.478 e. The lowest BCUT2D eigenvalue weighted by Crippen LogP contribution is -2.12. The van der Waals surface area contributed by atoms with Crippen molar-refractivity contribution in [1.82, 2.24) is 19.3 Å². The number of carbonyl (C=O) groups is 1. The van der Waals surface area contributed by atoms with Crippen LogP contribution in [0.5, 0.6) is 0 Å². The zero-order valence-electron chi connectivity index (χ0n) is 16.6. The van der Waals surface area contributed by atoms with Crippen molar-refractivity contribution in [2.24, 2.45) is 0 Å². The summed E-state index contributed by atoms with van der Waals surface area (Å²) in [6.45, 7) is 1.02. The van der Waals surface area contributed by atoms with E-state index in [2.05, 4.69) is 10.1 Å². The van der Waals surface area contributed by atoms with Crippen molar-refractivity contribution in [2.45, 2.75) is 16.5 Å². The van der Waals surface area contributed by atoms with Crippen molar-refractivity contribution in [2.75, 3.05) is 20.3 Å². The molecule has 2 aromatic heterocycles. The Hall–Kier alpha value is -2.85. The van der Waals surface area contributed by atoms with Gasteiger partial charge in [0.05, 0.1) is 41.0 Å². The van der Waals surface area contributed by atoms with Gasteiger partial charge in [0, 0.05) is 23.1 Å². The van der Waals surface area contributed by atoms with E-state index >= 15 is 0 Å². The van der Waals surface area contributed by atoms with Gasteiger partial charge in [0.2, 0.25) is 5.95 Å². The molecule has 0 atom stereocenters. The topological polar surface area (TPSA) is 91.4 Å². The molecule has 160 valence electrons. The number of carboxylic acid groups (broad SMARTS) is 1. The molecule has 31 heavy (non-hydrogen) atoms. The maximum absolute atomic E-state index is 11.3. The van der Waals surface area contributed by atoms with Gasteiger partial charge in [-0.15, -0.1) is 0 Å². The zero-order chi connectivity index (χ0) is 21.8. The molecule has 0 fully saturated rings. The molecule has 0 aliphatic carbocycles. The average molecular weight is 459 g/mol. The number of aromatic carboxylic acids is 1. The van der Waals surface area contributed by atoms with E-state index in [0.717, 1.165) is 15.3 Å². The molecule has 0 saturated heterocycles. The molecule has 0 aliphatic rings. The number of imidazole rings is 1. The molecule has 0 saturated carbocycles. The van der Waals surface area contributed by atoms with Crippen LogP contribution in [0.25, 0.3) is 17.0 Å². The fourth-order valence-corrected chi connectivity index (χ4v) is 4.10. The Labute approximate surface area is 187 Å². The normalized spacial score (nSPS) is 11.3. The molecule has 1 N–H and O–H groups in total. The molecule has 4 aromatic rings. The number of fused-ring (bicyclic) bond motifs is 1. The fourth-order valence-electron chi connectivity index (χ4n) is 2.95. The molecule has 10 heteroatoms. The van der Waals surface area contributed by atoms with Gasteiger partial charge in [0.1, 0.15) is 6.73 Å². The van der Waals surface area contributed by atoms with Gasteiger partial charge in [0.15, 0.2) is 0 Å². The first-order chi connectivity index (χ1) is 15.1. The molecule has 0 bridgehead atoms. The first kappa shape index (κ1) is 21.4. The highest BCUT2D eigenvalue weighted by Crippen LogP contribution is 2.36. The Balaban J connectivity index is 1.75. The third kappa shape index (κ3) is 4.75. The Morgan fingerprint density at radius 3 is 2.74 bits per heavy atom. The first-order valence-electron chi connectivity index (χ1n) is 9.34. The van der Waals surface area contributed by atoms with Crippen molar-refractivity contribution in [3.8, 4) is 5.95 Å². The predicted molar refractivity (Wildman–Crippen MR) is 117 cm³/mol. The highest BCUT2D eigenvalue weighted by Gasteiger charge is 2.18. The summed E-state index contributed by atoms with van der Waals surface area (Å²) in [5.41, 5.74) is 1.51. The maximum Gasteiger partial charge on any atom is 0.338 e. The Kier molecular flexibility index (Phi) is 6.57. The van der Waals surface area contributed by atoms with Gasteiger partial charge in [-0.25, -0.2) is 14.5 Å². The third-order valence-electron chi connectivity index (χ3n) is 4.44. The van der Waals surface area contributed by atoms with Crippen molar-refractivity contribution < 1.29 is 19.4 Å². The molecule has 2 aromatic carbocycles. The Morgan fingerprint density at radius 1 is 1.23 bits per heavy atom. The van der Waals surface area contributed by atoms with Crippen LogP contribution in [-0.2, 0) is 16.2 Å². The summed E-state index contributed by atoms with van der Waals surface area (Å²) in [5, 5.41) is 14.0. The molecular formula is C21H19ClN4O4S. The van der Waals surface area contributed by atoms with Crippen LogP contribution >= 0.6 is 23.4 Å². The van der Waals surface area contributed by atoms with Crippen molar-refractivity contribution in [3.05, 3.63) is 65.4 Å². The summed E-state index contributed by atoms with van der Waals surface area (Å²) in [4.78, 5) is 17.9. The lowest BCUT2D eigenvalue weighted by atomic mass is 10.3. The zero-order valence-corrected chi connectivity index (χ0v) is 18.1. The third-order valence-corrected chi connectivity index (χ3v) is 5.93. The molecule has 0 unspecified atom stereocenters. The van der Waals surface area contributed by atoms with Gasteiger partial charge in [-0.05, 0) is 24.3 Å². The van der Waals surface area contributed by atoms with Crippen LogP contribution in [0.2, 0.25) is 5.02 Å². The van der Waals surface area contributed by atoms with E-state index in [1.165, 1.54) is 17.1 Å². The number of nitrogens with zero attached hydrogens (tertiary/aromatic N) is 4. The molecule has 0 radical (unpaired) electrons. The number of rotatable bonds is 9. The average Bonchev–Trinajstić information content (AvgIpc) is 3.38. The van der Waals surface area contributed by atoms with E-state index in [1.807, 2.05) is 42.5 Å². The minimum absolute atomic E-state index is 0.0669. The Morgan fingerprint density at radius 2 is 2.03 bits per heavy atom. The molecule has 0 spiro atoms. The summed E-state index contributed by atoms with van der Waals surface area (Å²) in [6, 6.07) is 13.7. The van der Waals surface area contributed by atoms with Crippen LogP contribution in [0.4, 0.5) is 0 Å². The first-order valence-corrected chi connectivity index (χ1v) is 10.5. The number of hydrogen-bond donors (Lipinski definition) is 1. The lowest BCUT2D eigenvalue weighted by molar-refractivity contribution is 0.0356. The van der Waals surface area contributed by atoms with Crippen molar-refractivity contribution in [3.63, 3.8) is 0 Å². The SMILES string of the molecule is COCCOCn1c(-n2cc(C(=O)O)cn2)nc2cc(Sc3ccccc3)c(Cl)cc21. The minimum atomic E-state index is -1.06. The van der Waals surface area contributed by atoms with Gasteiger partial charge in [-0.1, -0.05) is 41.6 Å². The van der Waals surface area contributed by atoms with E-state index in [0.29, 0.717) is 29.7 Å². The molecule has 0 aliphatic heterocycles. The Bertz CT molecular complexity index is 1210. The minimum Gasteiger partial charge on any atom is -0.478 e. The smallest absolute Gasteiger partial charge is 0.338 e. The number of ether oxygens (including phenoxy) is 2. The fraction of sp³-hybridized carbons (Fsp3) is 0.190. The van der Waals surface area contributed by atoms with E-state index < -0.39 is 5.97 Å². The number of hydrogen-bond acceptors (Lipinski definition) is 6. The summed E-state index contributed by atoms with van der Waals surface area (Å²) in [7, 11) is 1.60. The monoisotopic (exact) mass is 458 g/mol. The van der Waals surface area contributed by atoms with Gasteiger partial charge < -0.3 is 14.6 Å². The maximum atomic E-state index is 11.3. The highest BCUT2D eigenvalue weighted by molar-refractivity contribution is 7.99. The number of methoxy groups -OCH3 is 1. The number of carboxylic acids is 1. The summed E-state index contributed by atoms with van der Waals surface area (Å²) in [5.74, 6) is -0.632. The lowest BCUT2D eigenvalue weighted by Gasteiger charge is -2.10. The van der Waals surface area contributed by atoms with E-state index in [9.17, 15) is 9.90 Å². The second kappa shape index (κ2) is 9.52. The quantitative estimate of drug-likeness (QED) is 0.373. The summed E-state index contributed by atoms with van der Waals surface area (Å²) < 4.78 is 13.9. The standard InChI is InChI=1S/C21H19ClN4O4S/c1-29-7-8-30-13-25-18-9-16(22)19(31-15-5-3-2-4-6-15)10-17(18)24-21(25)26-12-14(11-23-26)20(27)28/h2-6,9-12H,7-8,13H2,1H3,(H,27,28). The van der Waals surface area contributed by atoms with Crippen LogP contribution in [0.3, 0.4) is 0 Å². The second-order valence-corrected chi connectivity index (χ2v) is 8.06. The molecule has 0 amide bonds. The van der Waals surface area contributed by atoms with E-state index in [1.54, 1.807) is 23.4 Å². The van der Waals surface area contributed by atoms with E-state index in [4.69, 9.17) is 21.1 Å². The second-order valence-electron chi connectivity index (χ2n) is 6.54. The van der Waals surface area contributed by atoms with Gasteiger partial charge in [-0.2, -0.15) is 5.10 Å². The number of halogens is 1. The van der Waals surface area contributed by atoms with Gasteiger partial charge in [0.25, 0.3) is 0 Å². The van der Waals surface area contributed by atoms with Crippen LogP contribution in [0.1, 0.15) is 10.4 Å². The highest BCUT2D eigenvalue weighted by atomic mass is 35.5. The van der Waals surface area contributed by atoms with E-state index in [-0.39, 0.29) is 12.3 Å². The van der Waals surface area contributed by atoms with Crippen molar-refractivity contribution in [1.29, 1.82) is 0 Å². The van der Waals surface area contributed by atoms with Crippen LogP contribution in [0, 0.1) is 0 Å². The van der Waals surface area contributed by atoms with Crippen molar-refractivity contribution >= 4 is 40.4 Å². The summed E-state index contributed by atoms with van der Waals surface area (Å²) >= 11 is 8.13.